The minimum absolute atomic E-state index is 0.0934. The van der Waals surface area contributed by atoms with Crippen molar-refractivity contribution >= 4 is 0 Å². The molecule has 0 aliphatic rings. The van der Waals surface area contributed by atoms with E-state index in [2.05, 4.69) is 10.4 Å². The third-order valence-electron chi connectivity index (χ3n) is 3.57. The Hall–Kier alpha value is -1.75. The maximum Gasteiger partial charge on any atom is 0.126 e. The number of aromatic nitrogens is 2. The van der Waals surface area contributed by atoms with Crippen LogP contribution in [0.2, 0.25) is 0 Å². The number of likely N-dealkylation sites (N-methyl/N-ethyl adjacent to an activating group) is 1. The summed E-state index contributed by atoms with van der Waals surface area (Å²) >= 11 is 0. The van der Waals surface area contributed by atoms with E-state index in [1.807, 2.05) is 31.6 Å². The predicted octanol–water partition coefficient (Wildman–Crippen LogP) is 3.15. The van der Waals surface area contributed by atoms with Crippen LogP contribution in [-0.2, 0) is 19.9 Å². The number of halogens is 2. The highest BCUT2D eigenvalue weighted by molar-refractivity contribution is 5.23. The van der Waals surface area contributed by atoms with Gasteiger partial charge in [-0.05, 0) is 49.2 Å². The van der Waals surface area contributed by atoms with Crippen LogP contribution in [0.3, 0.4) is 0 Å². The van der Waals surface area contributed by atoms with Crippen LogP contribution >= 0.6 is 0 Å². The Bertz CT molecular complexity index is 608. The van der Waals surface area contributed by atoms with Gasteiger partial charge in [-0.2, -0.15) is 5.10 Å². The Labute approximate surface area is 124 Å². The van der Waals surface area contributed by atoms with Crippen LogP contribution < -0.4 is 5.32 Å². The molecule has 0 spiro atoms. The van der Waals surface area contributed by atoms with Gasteiger partial charge in [-0.25, -0.2) is 8.78 Å². The predicted molar refractivity (Wildman–Crippen MR) is 79.1 cm³/mol. The zero-order chi connectivity index (χ0) is 15.4. The van der Waals surface area contributed by atoms with Crippen molar-refractivity contribution < 1.29 is 8.78 Å². The maximum atomic E-state index is 13.8. The molecule has 0 amide bonds. The first kappa shape index (κ1) is 15.6. The number of hydrogen-bond donors (Lipinski definition) is 1. The molecule has 0 radical (unpaired) electrons. The van der Waals surface area contributed by atoms with Crippen molar-refractivity contribution in [2.75, 3.05) is 6.54 Å². The fourth-order valence-electron chi connectivity index (χ4n) is 2.49. The number of benzene rings is 1. The standard InChI is InChI=1S/C16H21F2N3/c1-4-13-10-16(21(3)20-13)15(19-5-2)9-11-8-12(17)6-7-14(11)18/h6-8,10,15,19H,4-5,9H2,1-3H3. The zero-order valence-corrected chi connectivity index (χ0v) is 12.7. The van der Waals surface area contributed by atoms with Crippen molar-refractivity contribution in [2.45, 2.75) is 32.7 Å². The van der Waals surface area contributed by atoms with Crippen LogP contribution in [0, 0.1) is 11.6 Å². The third-order valence-corrected chi connectivity index (χ3v) is 3.57. The molecule has 21 heavy (non-hydrogen) atoms. The van der Waals surface area contributed by atoms with Gasteiger partial charge in [-0.15, -0.1) is 0 Å². The fraction of sp³-hybridized carbons (Fsp3) is 0.438. The highest BCUT2D eigenvalue weighted by atomic mass is 19.1. The van der Waals surface area contributed by atoms with Crippen LogP contribution in [0.4, 0.5) is 8.78 Å². The van der Waals surface area contributed by atoms with E-state index in [4.69, 9.17) is 0 Å². The highest BCUT2D eigenvalue weighted by Gasteiger charge is 2.18. The molecule has 0 aliphatic heterocycles. The molecule has 0 saturated heterocycles. The van der Waals surface area contributed by atoms with Crippen molar-refractivity contribution in [3.05, 3.63) is 52.9 Å². The van der Waals surface area contributed by atoms with Gasteiger partial charge in [0, 0.05) is 7.05 Å². The van der Waals surface area contributed by atoms with Gasteiger partial charge in [0.05, 0.1) is 17.4 Å². The lowest BCUT2D eigenvalue weighted by atomic mass is 10.0. The van der Waals surface area contributed by atoms with Gasteiger partial charge >= 0.3 is 0 Å². The number of nitrogens with one attached hydrogen (secondary N) is 1. The van der Waals surface area contributed by atoms with E-state index >= 15 is 0 Å². The van der Waals surface area contributed by atoms with Gasteiger partial charge < -0.3 is 5.32 Å². The molecule has 114 valence electrons. The molecule has 0 bridgehead atoms. The summed E-state index contributed by atoms with van der Waals surface area (Å²) in [7, 11) is 1.88. The Morgan fingerprint density at radius 3 is 2.62 bits per heavy atom. The van der Waals surface area contributed by atoms with Crippen LogP contribution in [0.25, 0.3) is 0 Å². The number of rotatable bonds is 6. The normalized spacial score (nSPS) is 12.6. The fourth-order valence-corrected chi connectivity index (χ4v) is 2.49. The molecule has 1 N–H and O–H groups in total. The molecule has 1 atom stereocenters. The monoisotopic (exact) mass is 293 g/mol. The minimum atomic E-state index is -0.416. The second kappa shape index (κ2) is 6.80. The van der Waals surface area contributed by atoms with E-state index in [0.29, 0.717) is 12.0 Å². The molecule has 2 rings (SSSR count). The highest BCUT2D eigenvalue weighted by Crippen LogP contribution is 2.21. The van der Waals surface area contributed by atoms with Crippen molar-refractivity contribution in [3.8, 4) is 0 Å². The minimum Gasteiger partial charge on any atom is -0.309 e. The van der Waals surface area contributed by atoms with Crippen LogP contribution in [0.1, 0.15) is 36.8 Å². The summed E-state index contributed by atoms with van der Waals surface area (Å²) in [6.45, 7) is 4.78. The summed E-state index contributed by atoms with van der Waals surface area (Å²) in [6.07, 6.45) is 1.24. The van der Waals surface area contributed by atoms with E-state index < -0.39 is 5.82 Å². The van der Waals surface area contributed by atoms with E-state index in [-0.39, 0.29) is 11.9 Å². The zero-order valence-electron chi connectivity index (χ0n) is 12.7. The lowest BCUT2D eigenvalue weighted by molar-refractivity contribution is 0.491. The van der Waals surface area contributed by atoms with Crippen molar-refractivity contribution in [1.82, 2.24) is 15.1 Å². The van der Waals surface area contributed by atoms with Gasteiger partial charge in [0.1, 0.15) is 11.6 Å². The average molecular weight is 293 g/mol. The molecule has 0 aliphatic carbocycles. The largest absolute Gasteiger partial charge is 0.309 e. The van der Waals surface area contributed by atoms with Crippen molar-refractivity contribution in [1.29, 1.82) is 0 Å². The smallest absolute Gasteiger partial charge is 0.126 e. The second-order valence-corrected chi connectivity index (χ2v) is 5.09. The molecule has 2 aromatic rings. The summed E-state index contributed by atoms with van der Waals surface area (Å²) < 4.78 is 29.0. The van der Waals surface area contributed by atoms with Crippen LogP contribution in [-0.4, -0.2) is 16.3 Å². The van der Waals surface area contributed by atoms with Gasteiger partial charge in [-0.3, -0.25) is 4.68 Å². The molecule has 1 aromatic carbocycles. The lowest BCUT2D eigenvalue weighted by Gasteiger charge is -2.18. The van der Waals surface area contributed by atoms with Crippen LogP contribution in [0.5, 0.6) is 0 Å². The topological polar surface area (TPSA) is 29.9 Å². The van der Waals surface area contributed by atoms with E-state index in [0.717, 1.165) is 30.4 Å². The first-order valence-corrected chi connectivity index (χ1v) is 7.25. The average Bonchev–Trinajstić information content (AvgIpc) is 2.83. The first-order valence-electron chi connectivity index (χ1n) is 7.25. The quantitative estimate of drug-likeness (QED) is 0.886. The van der Waals surface area contributed by atoms with Gasteiger partial charge in [0.2, 0.25) is 0 Å². The molecule has 0 fully saturated rings. The second-order valence-electron chi connectivity index (χ2n) is 5.09. The SMILES string of the molecule is CCNC(Cc1cc(F)ccc1F)c1cc(CC)nn1C. The summed E-state index contributed by atoms with van der Waals surface area (Å²) in [6, 6.07) is 5.50. The Morgan fingerprint density at radius 2 is 2.00 bits per heavy atom. The number of nitrogens with zero attached hydrogens (tertiary/aromatic N) is 2. The van der Waals surface area contributed by atoms with E-state index in [9.17, 15) is 8.78 Å². The Balaban J connectivity index is 2.30. The summed E-state index contributed by atoms with van der Waals surface area (Å²) in [5, 5.41) is 7.75. The maximum absolute atomic E-state index is 13.8. The third kappa shape index (κ3) is 3.67. The van der Waals surface area contributed by atoms with E-state index in [1.54, 1.807) is 0 Å². The molecular weight excluding hydrogens is 272 g/mol. The molecule has 0 saturated carbocycles. The summed E-state index contributed by atoms with van der Waals surface area (Å²) in [4.78, 5) is 0. The number of hydrogen-bond acceptors (Lipinski definition) is 2. The summed E-state index contributed by atoms with van der Waals surface area (Å²) in [5.41, 5.74) is 2.35. The van der Waals surface area contributed by atoms with Gasteiger partial charge in [0.25, 0.3) is 0 Å². The van der Waals surface area contributed by atoms with Crippen LogP contribution in [0.15, 0.2) is 24.3 Å². The van der Waals surface area contributed by atoms with Crippen molar-refractivity contribution in [2.24, 2.45) is 7.05 Å². The first-order chi connectivity index (χ1) is 10.0. The Kier molecular flexibility index (Phi) is 5.07. The summed E-state index contributed by atoms with van der Waals surface area (Å²) in [5.74, 6) is -0.793. The number of aryl methyl sites for hydroxylation is 2. The molecule has 1 heterocycles. The van der Waals surface area contributed by atoms with Crippen molar-refractivity contribution in [3.63, 3.8) is 0 Å². The van der Waals surface area contributed by atoms with Gasteiger partial charge in [-0.1, -0.05) is 13.8 Å². The molecule has 3 nitrogen and oxygen atoms in total. The van der Waals surface area contributed by atoms with E-state index in [1.165, 1.54) is 12.1 Å². The Morgan fingerprint density at radius 1 is 1.24 bits per heavy atom. The molecule has 5 heteroatoms. The van der Waals surface area contributed by atoms with Gasteiger partial charge in [0.15, 0.2) is 0 Å². The lowest BCUT2D eigenvalue weighted by Crippen LogP contribution is -2.25. The molecule has 1 aromatic heterocycles. The molecule has 1 unspecified atom stereocenters. The molecular formula is C16H21F2N3.